The third-order valence-corrected chi connectivity index (χ3v) is 3.54. The molecule has 4 heteroatoms. The molecule has 3 nitrogen and oxygen atoms in total. The number of hydrogen-bond acceptors (Lipinski definition) is 3. The Kier molecular flexibility index (Phi) is 4.93. The molecule has 0 fully saturated rings. The Morgan fingerprint density at radius 2 is 1.62 bits per heavy atom. The van der Waals surface area contributed by atoms with Crippen LogP contribution in [0.1, 0.15) is 23.7 Å². The van der Waals surface area contributed by atoms with Gasteiger partial charge in [-0.1, -0.05) is 22.9 Å². The van der Waals surface area contributed by atoms with Gasteiger partial charge in [0.2, 0.25) is 0 Å². The Bertz CT molecular complexity index is 352. The molecule has 0 aliphatic heterocycles. The van der Waals surface area contributed by atoms with Crippen molar-refractivity contribution >= 4 is 15.9 Å². The van der Waals surface area contributed by atoms with E-state index in [4.69, 9.17) is 14.2 Å². The third-order valence-electron chi connectivity index (χ3n) is 2.44. The van der Waals surface area contributed by atoms with E-state index in [0.29, 0.717) is 0 Å². The number of hydrogen-bond donors (Lipinski definition) is 0. The monoisotopic (exact) mass is 288 g/mol. The Morgan fingerprint density at radius 3 is 2.06 bits per heavy atom. The highest BCUT2D eigenvalue weighted by Gasteiger charge is 2.20. The van der Waals surface area contributed by atoms with E-state index in [-0.39, 0.29) is 4.83 Å². The highest BCUT2D eigenvalue weighted by atomic mass is 79.9. The van der Waals surface area contributed by atoms with Crippen LogP contribution in [0.5, 0.6) is 17.2 Å². The molecule has 1 unspecified atom stereocenters. The maximum atomic E-state index is 5.40. The van der Waals surface area contributed by atoms with Crippen LogP contribution < -0.4 is 14.2 Å². The van der Waals surface area contributed by atoms with E-state index in [1.165, 1.54) is 0 Å². The van der Waals surface area contributed by atoms with E-state index in [9.17, 15) is 0 Å². The highest BCUT2D eigenvalue weighted by Crippen LogP contribution is 2.45. The standard InChI is InChI=1S/C12H17BrO3/c1-5-8(13)11-9(14-2)6-7-10(15-3)12(11)16-4/h6-8H,5H2,1-4H3. The van der Waals surface area contributed by atoms with Crippen molar-refractivity contribution in [2.75, 3.05) is 21.3 Å². The highest BCUT2D eigenvalue weighted by molar-refractivity contribution is 9.09. The summed E-state index contributed by atoms with van der Waals surface area (Å²) in [6.45, 7) is 2.10. The first-order valence-corrected chi connectivity index (χ1v) is 6.04. The van der Waals surface area contributed by atoms with Gasteiger partial charge in [-0.2, -0.15) is 0 Å². The van der Waals surface area contributed by atoms with Crippen molar-refractivity contribution in [1.82, 2.24) is 0 Å². The van der Waals surface area contributed by atoms with Crippen molar-refractivity contribution in [3.8, 4) is 17.2 Å². The number of halogens is 1. The van der Waals surface area contributed by atoms with Gasteiger partial charge < -0.3 is 14.2 Å². The van der Waals surface area contributed by atoms with Crippen LogP contribution in [0, 0.1) is 0 Å². The zero-order valence-corrected chi connectivity index (χ0v) is 11.6. The van der Waals surface area contributed by atoms with Crippen LogP contribution in [-0.4, -0.2) is 21.3 Å². The molecule has 0 bridgehead atoms. The zero-order chi connectivity index (χ0) is 12.1. The fourth-order valence-corrected chi connectivity index (χ4v) is 2.05. The second-order valence-electron chi connectivity index (χ2n) is 3.29. The zero-order valence-electron chi connectivity index (χ0n) is 10.0. The molecule has 0 spiro atoms. The normalized spacial score (nSPS) is 12.1. The fourth-order valence-electron chi connectivity index (χ4n) is 1.61. The minimum atomic E-state index is 0.187. The second kappa shape index (κ2) is 5.99. The van der Waals surface area contributed by atoms with Crippen molar-refractivity contribution in [3.05, 3.63) is 17.7 Å². The lowest BCUT2D eigenvalue weighted by atomic mass is 10.1. The predicted octanol–water partition coefficient (Wildman–Crippen LogP) is 3.56. The lowest BCUT2D eigenvalue weighted by Crippen LogP contribution is -2.01. The van der Waals surface area contributed by atoms with Crippen molar-refractivity contribution in [3.63, 3.8) is 0 Å². The van der Waals surface area contributed by atoms with Gasteiger partial charge in [0.15, 0.2) is 11.5 Å². The van der Waals surface area contributed by atoms with Crippen LogP contribution >= 0.6 is 15.9 Å². The molecule has 16 heavy (non-hydrogen) atoms. The van der Waals surface area contributed by atoms with Gasteiger partial charge in [0.05, 0.1) is 26.9 Å². The Balaban J connectivity index is 3.36. The van der Waals surface area contributed by atoms with Crippen LogP contribution in [0.2, 0.25) is 0 Å². The molecule has 90 valence electrons. The molecule has 0 heterocycles. The first-order chi connectivity index (χ1) is 7.69. The summed E-state index contributed by atoms with van der Waals surface area (Å²) in [4.78, 5) is 0.187. The van der Waals surface area contributed by atoms with Crippen molar-refractivity contribution < 1.29 is 14.2 Å². The van der Waals surface area contributed by atoms with E-state index < -0.39 is 0 Å². The topological polar surface area (TPSA) is 27.7 Å². The lowest BCUT2D eigenvalue weighted by molar-refractivity contribution is 0.343. The number of methoxy groups -OCH3 is 3. The van der Waals surface area contributed by atoms with Crippen LogP contribution in [0.3, 0.4) is 0 Å². The van der Waals surface area contributed by atoms with Gasteiger partial charge in [-0.05, 0) is 18.6 Å². The second-order valence-corrected chi connectivity index (χ2v) is 4.40. The third kappa shape index (κ3) is 2.43. The van der Waals surface area contributed by atoms with Gasteiger partial charge in [0.25, 0.3) is 0 Å². The summed E-state index contributed by atoms with van der Waals surface area (Å²) < 4.78 is 16.0. The number of benzene rings is 1. The maximum absolute atomic E-state index is 5.40. The Hall–Kier alpha value is -0.900. The summed E-state index contributed by atoms with van der Waals surface area (Å²) in [5.41, 5.74) is 0.992. The van der Waals surface area contributed by atoms with Crippen LogP contribution in [0.4, 0.5) is 0 Å². The predicted molar refractivity (Wildman–Crippen MR) is 68.1 cm³/mol. The van der Waals surface area contributed by atoms with E-state index in [1.54, 1.807) is 21.3 Å². The molecular weight excluding hydrogens is 272 g/mol. The lowest BCUT2D eigenvalue weighted by Gasteiger charge is -2.18. The van der Waals surface area contributed by atoms with E-state index >= 15 is 0 Å². The molecule has 0 aliphatic carbocycles. The van der Waals surface area contributed by atoms with Crippen LogP contribution in [-0.2, 0) is 0 Å². The van der Waals surface area contributed by atoms with E-state index in [0.717, 1.165) is 29.2 Å². The van der Waals surface area contributed by atoms with Gasteiger partial charge in [-0.3, -0.25) is 0 Å². The molecule has 0 amide bonds. The maximum Gasteiger partial charge on any atom is 0.168 e. The van der Waals surface area contributed by atoms with E-state index in [1.807, 2.05) is 12.1 Å². The van der Waals surface area contributed by atoms with E-state index in [2.05, 4.69) is 22.9 Å². The van der Waals surface area contributed by atoms with Crippen molar-refractivity contribution in [1.29, 1.82) is 0 Å². The number of rotatable bonds is 5. The largest absolute Gasteiger partial charge is 0.496 e. The molecule has 0 N–H and O–H groups in total. The molecule has 0 aromatic heterocycles. The molecule has 1 rings (SSSR count). The van der Waals surface area contributed by atoms with Crippen LogP contribution in [0.15, 0.2) is 12.1 Å². The Morgan fingerprint density at radius 1 is 1.06 bits per heavy atom. The van der Waals surface area contributed by atoms with Crippen molar-refractivity contribution in [2.45, 2.75) is 18.2 Å². The fraction of sp³-hybridized carbons (Fsp3) is 0.500. The molecule has 0 saturated carbocycles. The molecule has 1 atom stereocenters. The number of ether oxygens (including phenoxy) is 3. The SMILES string of the molecule is CCC(Br)c1c(OC)ccc(OC)c1OC. The van der Waals surface area contributed by atoms with Gasteiger partial charge in [0, 0.05) is 4.83 Å². The summed E-state index contributed by atoms with van der Waals surface area (Å²) in [6, 6.07) is 3.73. The van der Waals surface area contributed by atoms with Crippen LogP contribution in [0.25, 0.3) is 0 Å². The summed E-state index contributed by atoms with van der Waals surface area (Å²) in [6.07, 6.45) is 0.944. The van der Waals surface area contributed by atoms with Gasteiger partial charge >= 0.3 is 0 Å². The quantitative estimate of drug-likeness (QED) is 0.776. The number of alkyl halides is 1. The smallest absolute Gasteiger partial charge is 0.168 e. The average molecular weight is 289 g/mol. The minimum Gasteiger partial charge on any atom is -0.496 e. The summed E-state index contributed by atoms with van der Waals surface area (Å²) in [5.74, 6) is 2.25. The Labute approximate surface area is 105 Å². The molecule has 1 aromatic carbocycles. The molecule has 0 saturated heterocycles. The first-order valence-electron chi connectivity index (χ1n) is 5.12. The molecule has 0 aliphatic rings. The molecule has 0 radical (unpaired) electrons. The minimum absolute atomic E-state index is 0.187. The first kappa shape index (κ1) is 13.2. The van der Waals surface area contributed by atoms with Gasteiger partial charge in [-0.25, -0.2) is 0 Å². The molecule has 1 aromatic rings. The molecular formula is C12H17BrO3. The van der Waals surface area contributed by atoms with Crippen molar-refractivity contribution in [2.24, 2.45) is 0 Å². The van der Waals surface area contributed by atoms with Gasteiger partial charge in [-0.15, -0.1) is 0 Å². The van der Waals surface area contributed by atoms with Gasteiger partial charge in [0.1, 0.15) is 5.75 Å². The summed E-state index contributed by atoms with van der Waals surface area (Å²) in [7, 11) is 4.92. The summed E-state index contributed by atoms with van der Waals surface area (Å²) >= 11 is 3.62. The average Bonchev–Trinajstić information content (AvgIpc) is 2.35. The summed E-state index contributed by atoms with van der Waals surface area (Å²) in [5, 5.41) is 0.